The molecule has 1 aromatic heterocycles. The molecule has 9 nitrogen and oxygen atoms in total. The van der Waals surface area contributed by atoms with Crippen LogP contribution in [0.25, 0.3) is 0 Å². The number of methoxy groups -OCH3 is 1. The number of carbonyl (C=O) groups excluding carboxylic acids is 2. The van der Waals surface area contributed by atoms with E-state index in [1.54, 1.807) is 32.9 Å². The first-order chi connectivity index (χ1) is 12.1. The third-order valence-electron chi connectivity index (χ3n) is 3.75. The highest BCUT2D eigenvalue weighted by molar-refractivity contribution is 5.92. The van der Waals surface area contributed by atoms with Gasteiger partial charge in [-0.1, -0.05) is 0 Å². The summed E-state index contributed by atoms with van der Waals surface area (Å²) in [6.45, 7) is 5.07. The maximum absolute atomic E-state index is 12.1. The minimum atomic E-state index is -0.814. The zero-order valence-electron chi connectivity index (χ0n) is 15.1. The highest BCUT2D eigenvalue weighted by Gasteiger charge is 2.48. The van der Waals surface area contributed by atoms with Gasteiger partial charge in [0.1, 0.15) is 17.5 Å². The quantitative estimate of drug-likeness (QED) is 0.369. The Kier molecular flexibility index (Phi) is 5.29. The zero-order valence-corrected chi connectivity index (χ0v) is 15.1. The van der Waals surface area contributed by atoms with Crippen LogP contribution in [0.1, 0.15) is 39.2 Å². The summed E-state index contributed by atoms with van der Waals surface area (Å²) in [6.07, 6.45) is 3.16. The summed E-state index contributed by atoms with van der Waals surface area (Å²) in [5, 5.41) is 13.6. The van der Waals surface area contributed by atoms with Gasteiger partial charge >= 0.3 is 17.9 Å². The molecular formula is C17H21N3O6. The fraction of sp³-hybridized carbons (Fsp3) is 0.471. The largest absolute Gasteiger partial charge is 0.464 e. The predicted molar refractivity (Wildman–Crippen MR) is 91.3 cm³/mol. The first-order valence-corrected chi connectivity index (χ1v) is 7.99. The molecule has 0 unspecified atom stereocenters. The number of alkyl carbamates (subject to hydrolysis) is 1. The van der Waals surface area contributed by atoms with Gasteiger partial charge in [-0.15, -0.1) is 0 Å². The summed E-state index contributed by atoms with van der Waals surface area (Å²) in [6, 6.07) is 3.19. The van der Waals surface area contributed by atoms with Crippen LogP contribution in [0.15, 0.2) is 30.1 Å². The lowest BCUT2D eigenvalue weighted by Crippen LogP contribution is -2.35. The number of ether oxygens (including phenoxy) is 2. The van der Waals surface area contributed by atoms with E-state index in [1.165, 1.54) is 19.4 Å². The van der Waals surface area contributed by atoms with Gasteiger partial charge in [0.25, 0.3) is 0 Å². The number of nitrogens with one attached hydrogen (secondary N) is 1. The third kappa shape index (κ3) is 4.56. The van der Waals surface area contributed by atoms with Gasteiger partial charge in [0.15, 0.2) is 0 Å². The van der Waals surface area contributed by atoms with E-state index in [2.05, 4.69) is 10.3 Å². The maximum Gasteiger partial charge on any atom is 0.412 e. The predicted octanol–water partition coefficient (Wildman–Crippen LogP) is 2.60. The molecule has 0 saturated heterocycles. The second-order valence-corrected chi connectivity index (χ2v) is 6.96. The Labute approximate surface area is 150 Å². The third-order valence-corrected chi connectivity index (χ3v) is 3.75. The van der Waals surface area contributed by atoms with Gasteiger partial charge in [-0.25, -0.2) is 9.59 Å². The first-order valence-electron chi connectivity index (χ1n) is 7.99. The summed E-state index contributed by atoms with van der Waals surface area (Å²) >= 11 is 0. The topological polar surface area (TPSA) is 121 Å². The smallest absolute Gasteiger partial charge is 0.412 e. The van der Waals surface area contributed by atoms with Crippen LogP contribution >= 0.6 is 0 Å². The van der Waals surface area contributed by atoms with Gasteiger partial charge < -0.3 is 19.6 Å². The summed E-state index contributed by atoms with van der Waals surface area (Å²) in [5.74, 6) is -1.04. The second-order valence-electron chi connectivity index (χ2n) is 6.96. The minimum Gasteiger partial charge on any atom is -0.464 e. The van der Waals surface area contributed by atoms with Crippen LogP contribution in [-0.4, -0.2) is 34.7 Å². The number of allylic oxidation sites excluding steroid dienone is 1. The van der Waals surface area contributed by atoms with E-state index in [0.29, 0.717) is 18.4 Å². The Bertz CT molecular complexity index is 762. The van der Waals surface area contributed by atoms with Crippen LogP contribution in [0.2, 0.25) is 0 Å². The number of nitrogens with zero attached hydrogens (tertiary/aromatic N) is 2. The van der Waals surface area contributed by atoms with E-state index in [0.717, 1.165) is 0 Å². The SMILES string of the molecule is COC(=O)/C(=C\C1(c2cccnc2[N+](=O)[O-])CC1)NC(=O)OC(C)(C)C. The Hall–Kier alpha value is -2.97. The van der Waals surface area contributed by atoms with Crippen LogP contribution in [0.4, 0.5) is 10.6 Å². The van der Waals surface area contributed by atoms with E-state index in [1.807, 2.05) is 0 Å². The van der Waals surface area contributed by atoms with Gasteiger partial charge in [0.2, 0.25) is 0 Å². The first kappa shape index (κ1) is 19.4. The molecule has 0 atom stereocenters. The minimum absolute atomic E-state index is 0.127. The Balaban J connectivity index is 2.37. The van der Waals surface area contributed by atoms with Crippen LogP contribution in [0.5, 0.6) is 0 Å². The lowest BCUT2D eigenvalue weighted by Gasteiger charge is -2.20. The van der Waals surface area contributed by atoms with Gasteiger partial charge in [0, 0.05) is 5.41 Å². The molecule has 1 heterocycles. The van der Waals surface area contributed by atoms with E-state index in [9.17, 15) is 19.7 Å². The lowest BCUT2D eigenvalue weighted by atomic mass is 9.95. The number of hydrogen-bond donors (Lipinski definition) is 1. The van der Waals surface area contributed by atoms with E-state index in [-0.39, 0.29) is 11.5 Å². The van der Waals surface area contributed by atoms with Crippen molar-refractivity contribution in [3.8, 4) is 0 Å². The molecule has 1 saturated carbocycles. The molecule has 1 aromatic rings. The molecule has 0 bridgehead atoms. The zero-order chi connectivity index (χ0) is 19.5. The number of esters is 1. The molecule has 26 heavy (non-hydrogen) atoms. The molecule has 0 aromatic carbocycles. The molecule has 1 amide bonds. The van der Waals surface area contributed by atoms with E-state index < -0.39 is 28.0 Å². The molecule has 2 rings (SSSR count). The second kappa shape index (κ2) is 7.11. The van der Waals surface area contributed by atoms with Crippen molar-refractivity contribution in [2.45, 2.75) is 44.6 Å². The lowest BCUT2D eigenvalue weighted by molar-refractivity contribution is -0.390. The molecule has 0 spiro atoms. The summed E-state index contributed by atoms with van der Waals surface area (Å²) < 4.78 is 9.85. The number of nitro groups is 1. The van der Waals surface area contributed by atoms with Crippen LogP contribution in [0, 0.1) is 10.1 Å². The normalized spacial score (nSPS) is 15.8. The van der Waals surface area contributed by atoms with Crippen LogP contribution in [0.3, 0.4) is 0 Å². The Morgan fingerprint density at radius 1 is 1.38 bits per heavy atom. The highest BCUT2D eigenvalue weighted by Crippen LogP contribution is 2.52. The van der Waals surface area contributed by atoms with Crippen LogP contribution < -0.4 is 5.32 Å². The van der Waals surface area contributed by atoms with E-state index in [4.69, 9.17) is 9.47 Å². The van der Waals surface area contributed by atoms with Crippen molar-refractivity contribution in [3.05, 3.63) is 45.8 Å². The number of carbonyl (C=O) groups is 2. The number of pyridine rings is 1. The molecule has 1 aliphatic rings. The van der Waals surface area contributed by atoms with Crippen molar-refractivity contribution in [2.24, 2.45) is 0 Å². The number of aromatic nitrogens is 1. The monoisotopic (exact) mass is 363 g/mol. The molecule has 1 N–H and O–H groups in total. The summed E-state index contributed by atoms with van der Waals surface area (Å²) in [5.41, 5.74) is -1.24. The van der Waals surface area contributed by atoms with Crippen LogP contribution in [-0.2, 0) is 19.7 Å². The molecular weight excluding hydrogens is 342 g/mol. The molecule has 140 valence electrons. The Morgan fingerprint density at radius 2 is 2.04 bits per heavy atom. The van der Waals surface area contributed by atoms with Crippen molar-refractivity contribution < 1.29 is 24.0 Å². The van der Waals surface area contributed by atoms with Gasteiger partial charge in [-0.05, 0) is 61.7 Å². The molecule has 1 fully saturated rings. The van der Waals surface area contributed by atoms with Gasteiger partial charge in [-0.3, -0.25) is 5.32 Å². The van der Waals surface area contributed by atoms with Gasteiger partial charge in [-0.2, -0.15) is 0 Å². The van der Waals surface area contributed by atoms with Crippen molar-refractivity contribution in [2.75, 3.05) is 7.11 Å². The maximum atomic E-state index is 12.1. The molecule has 1 aliphatic carbocycles. The van der Waals surface area contributed by atoms with Crippen molar-refractivity contribution in [1.82, 2.24) is 10.3 Å². The van der Waals surface area contributed by atoms with E-state index >= 15 is 0 Å². The summed E-state index contributed by atoms with van der Waals surface area (Å²) in [4.78, 5) is 38.6. The molecule has 0 radical (unpaired) electrons. The van der Waals surface area contributed by atoms with Crippen molar-refractivity contribution in [3.63, 3.8) is 0 Å². The van der Waals surface area contributed by atoms with Gasteiger partial charge in [0.05, 0.1) is 12.7 Å². The fourth-order valence-corrected chi connectivity index (χ4v) is 2.50. The average molecular weight is 363 g/mol. The number of amides is 1. The van der Waals surface area contributed by atoms with Crippen molar-refractivity contribution >= 4 is 17.9 Å². The number of hydrogen-bond acceptors (Lipinski definition) is 7. The fourth-order valence-electron chi connectivity index (χ4n) is 2.50. The highest BCUT2D eigenvalue weighted by atomic mass is 16.6. The Morgan fingerprint density at radius 3 is 2.54 bits per heavy atom. The average Bonchev–Trinajstić information content (AvgIpc) is 3.32. The van der Waals surface area contributed by atoms with Crippen molar-refractivity contribution in [1.29, 1.82) is 0 Å². The standard InChI is InChI=1S/C17H21N3O6/c1-16(2,3)26-15(22)19-12(14(21)25-4)10-17(7-8-17)11-6-5-9-18-13(11)20(23)24/h5-6,9-10H,7-8H2,1-4H3,(H,19,22)/b12-10+. The summed E-state index contributed by atoms with van der Waals surface area (Å²) in [7, 11) is 1.18. The molecule has 9 heteroatoms. The molecule has 0 aliphatic heterocycles. The number of rotatable bonds is 5.